The summed E-state index contributed by atoms with van der Waals surface area (Å²) in [7, 11) is 1.26. The van der Waals surface area contributed by atoms with Gasteiger partial charge in [-0.3, -0.25) is 14.6 Å². The summed E-state index contributed by atoms with van der Waals surface area (Å²) in [6, 6.07) is 18.8. The number of benzene rings is 2. The number of aliphatic imine (C=N–C) groups is 1. The number of methoxy groups -OCH3 is 1. The standard InChI is InChI=1S/C31H39NO6/c1-8-37-26(33)29(3,4)21-16-22-31(28(35)36-7,30(5,6)27(34)38-9-2)32-25(23-17-12-10-13-18-23)24-19-14-11-15-20-24/h10-20,22H,8-9,21H2,1-7H3/b22-16+/t31-/m1/s1. The van der Waals surface area contributed by atoms with Crippen LogP contribution in [-0.2, 0) is 28.6 Å². The number of hydrogen-bond donors (Lipinski definition) is 0. The van der Waals surface area contributed by atoms with E-state index in [1.54, 1.807) is 53.7 Å². The molecule has 0 radical (unpaired) electrons. The zero-order chi connectivity index (χ0) is 28.4. The average molecular weight is 522 g/mol. The topological polar surface area (TPSA) is 91.3 Å². The van der Waals surface area contributed by atoms with E-state index in [9.17, 15) is 14.4 Å². The van der Waals surface area contributed by atoms with Crippen molar-refractivity contribution in [3.8, 4) is 0 Å². The minimum Gasteiger partial charge on any atom is -0.467 e. The summed E-state index contributed by atoms with van der Waals surface area (Å²) >= 11 is 0. The number of carbonyl (C=O) groups excluding carboxylic acids is 3. The molecule has 204 valence electrons. The van der Waals surface area contributed by atoms with Crippen molar-refractivity contribution in [2.24, 2.45) is 15.8 Å². The maximum atomic E-state index is 13.7. The lowest BCUT2D eigenvalue weighted by molar-refractivity contribution is -0.165. The van der Waals surface area contributed by atoms with Crippen LogP contribution >= 0.6 is 0 Å². The zero-order valence-corrected chi connectivity index (χ0v) is 23.4. The summed E-state index contributed by atoms with van der Waals surface area (Å²) < 4.78 is 15.9. The molecule has 7 heteroatoms. The van der Waals surface area contributed by atoms with Crippen LogP contribution in [0.15, 0.2) is 77.8 Å². The second-order valence-corrected chi connectivity index (χ2v) is 10.0. The Kier molecular flexibility index (Phi) is 10.6. The smallest absolute Gasteiger partial charge is 0.338 e. The summed E-state index contributed by atoms with van der Waals surface area (Å²) in [6.45, 7) is 10.6. The maximum Gasteiger partial charge on any atom is 0.338 e. The molecular formula is C31H39NO6. The molecule has 0 amide bonds. The van der Waals surface area contributed by atoms with Gasteiger partial charge in [-0.1, -0.05) is 66.7 Å². The quantitative estimate of drug-likeness (QED) is 0.157. The normalized spacial score (nSPS) is 13.3. The molecule has 0 aliphatic rings. The van der Waals surface area contributed by atoms with Crippen LogP contribution in [0, 0.1) is 10.8 Å². The van der Waals surface area contributed by atoms with Gasteiger partial charge < -0.3 is 14.2 Å². The number of nitrogens with zero attached hydrogens (tertiary/aromatic N) is 1. The first-order chi connectivity index (χ1) is 18.0. The van der Waals surface area contributed by atoms with Gasteiger partial charge in [0.05, 0.1) is 31.5 Å². The minimum atomic E-state index is -1.82. The molecule has 38 heavy (non-hydrogen) atoms. The second-order valence-electron chi connectivity index (χ2n) is 10.0. The van der Waals surface area contributed by atoms with Gasteiger partial charge in [0.1, 0.15) is 5.41 Å². The number of allylic oxidation sites excluding steroid dienone is 1. The molecule has 0 aromatic heterocycles. The fraction of sp³-hybridized carbons (Fsp3) is 0.419. The summed E-state index contributed by atoms with van der Waals surface area (Å²) in [5.41, 5.74) is -2.15. The van der Waals surface area contributed by atoms with Crippen LogP contribution in [0.1, 0.15) is 59.1 Å². The van der Waals surface area contributed by atoms with Crippen LogP contribution in [0.5, 0.6) is 0 Å². The van der Waals surface area contributed by atoms with E-state index in [0.717, 1.165) is 11.1 Å². The van der Waals surface area contributed by atoms with E-state index in [-0.39, 0.29) is 25.6 Å². The first-order valence-corrected chi connectivity index (χ1v) is 12.8. The third-order valence-corrected chi connectivity index (χ3v) is 6.43. The number of hydrogen-bond acceptors (Lipinski definition) is 7. The Balaban J connectivity index is 2.86. The molecule has 0 N–H and O–H groups in total. The van der Waals surface area contributed by atoms with E-state index >= 15 is 0 Å². The Hall–Kier alpha value is -3.74. The first-order valence-electron chi connectivity index (χ1n) is 12.8. The van der Waals surface area contributed by atoms with Gasteiger partial charge in [-0.25, -0.2) is 4.79 Å². The molecule has 7 nitrogen and oxygen atoms in total. The number of esters is 3. The zero-order valence-electron chi connectivity index (χ0n) is 23.4. The summed E-state index contributed by atoms with van der Waals surface area (Å²) in [6.07, 6.45) is 3.49. The van der Waals surface area contributed by atoms with Crippen molar-refractivity contribution >= 4 is 23.6 Å². The summed E-state index contributed by atoms with van der Waals surface area (Å²) in [5, 5.41) is 0. The fourth-order valence-electron chi connectivity index (χ4n) is 3.97. The van der Waals surface area contributed by atoms with Gasteiger partial charge in [-0.05, 0) is 54.0 Å². The SMILES string of the molecule is CCOC(=O)C(C)(C)C/C=C/[C@@](N=C(c1ccccc1)c1ccccc1)(C(=O)OC)C(C)(C)C(=O)OCC. The molecule has 0 aliphatic carbocycles. The minimum absolute atomic E-state index is 0.132. The molecule has 0 unspecified atom stereocenters. The molecule has 2 rings (SSSR count). The van der Waals surface area contributed by atoms with Crippen LogP contribution in [0.25, 0.3) is 0 Å². The van der Waals surface area contributed by atoms with Gasteiger partial charge >= 0.3 is 17.9 Å². The Morgan fingerprint density at radius 3 is 1.68 bits per heavy atom. The Morgan fingerprint density at radius 1 is 0.763 bits per heavy atom. The fourth-order valence-corrected chi connectivity index (χ4v) is 3.97. The predicted molar refractivity (Wildman–Crippen MR) is 148 cm³/mol. The van der Waals surface area contributed by atoms with Gasteiger partial charge in [-0.15, -0.1) is 0 Å². The number of carbonyl (C=O) groups is 3. The highest BCUT2D eigenvalue weighted by molar-refractivity contribution is 6.14. The highest BCUT2D eigenvalue weighted by Crippen LogP contribution is 2.40. The van der Waals surface area contributed by atoms with Gasteiger partial charge in [0.25, 0.3) is 0 Å². The maximum absolute atomic E-state index is 13.7. The van der Waals surface area contributed by atoms with Crippen LogP contribution in [0.3, 0.4) is 0 Å². The third kappa shape index (κ3) is 6.77. The van der Waals surface area contributed by atoms with Crippen molar-refractivity contribution in [2.45, 2.75) is 53.5 Å². The molecule has 0 aliphatic heterocycles. The Morgan fingerprint density at radius 2 is 1.24 bits per heavy atom. The lowest BCUT2D eigenvalue weighted by atomic mass is 9.71. The van der Waals surface area contributed by atoms with Gasteiger partial charge in [-0.2, -0.15) is 0 Å². The van der Waals surface area contributed by atoms with E-state index in [2.05, 4.69) is 0 Å². The van der Waals surface area contributed by atoms with E-state index in [1.165, 1.54) is 7.11 Å². The molecule has 0 saturated carbocycles. The third-order valence-electron chi connectivity index (χ3n) is 6.43. The molecule has 0 fully saturated rings. The van der Waals surface area contributed by atoms with Crippen molar-refractivity contribution in [2.75, 3.05) is 20.3 Å². The molecule has 0 bridgehead atoms. The molecule has 2 aromatic rings. The largest absolute Gasteiger partial charge is 0.467 e. The molecule has 1 atom stereocenters. The van der Waals surface area contributed by atoms with Crippen molar-refractivity contribution in [3.05, 3.63) is 83.9 Å². The highest BCUT2D eigenvalue weighted by Gasteiger charge is 2.56. The Bertz CT molecular complexity index is 1110. The lowest BCUT2D eigenvalue weighted by Gasteiger charge is -2.38. The van der Waals surface area contributed by atoms with Crippen molar-refractivity contribution in [1.82, 2.24) is 0 Å². The highest BCUT2D eigenvalue weighted by atomic mass is 16.5. The number of rotatable bonds is 12. The van der Waals surface area contributed by atoms with Gasteiger partial charge in [0.2, 0.25) is 0 Å². The van der Waals surface area contributed by atoms with E-state index in [1.807, 2.05) is 60.7 Å². The molecule has 2 aromatic carbocycles. The van der Waals surface area contributed by atoms with Crippen LogP contribution < -0.4 is 0 Å². The van der Waals surface area contributed by atoms with E-state index in [4.69, 9.17) is 19.2 Å². The summed E-state index contributed by atoms with van der Waals surface area (Å²) in [5.74, 6) is -1.70. The van der Waals surface area contributed by atoms with Gasteiger partial charge in [0.15, 0.2) is 5.54 Å². The average Bonchev–Trinajstić information content (AvgIpc) is 2.91. The monoisotopic (exact) mass is 521 g/mol. The molecule has 0 heterocycles. The van der Waals surface area contributed by atoms with Crippen molar-refractivity contribution < 1.29 is 28.6 Å². The number of ether oxygens (including phenoxy) is 3. The van der Waals surface area contributed by atoms with Gasteiger partial charge in [0, 0.05) is 11.1 Å². The van der Waals surface area contributed by atoms with E-state index < -0.39 is 28.3 Å². The first kappa shape index (κ1) is 30.5. The lowest BCUT2D eigenvalue weighted by Crippen LogP contribution is -2.54. The predicted octanol–water partition coefficient (Wildman–Crippen LogP) is 5.56. The molecule has 0 saturated heterocycles. The molecular weight excluding hydrogens is 482 g/mol. The summed E-state index contributed by atoms with van der Waals surface area (Å²) in [4.78, 5) is 44.6. The van der Waals surface area contributed by atoms with Crippen LogP contribution in [0.4, 0.5) is 0 Å². The van der Waals surface area contributed by atoms with E-state index in [0.29, 0.717) is 5.71 Å². The van der Waals surface area contributed by atoms with Crippen molar-refractivity contribution in [3.63, 3.8) is 0 Å². The molecule has 0 spiro atoms. The second kappa shape index (κ2) is 13.2. The van der Waals surface area contributed by atoms with Crippen LogP contribution in [-0.4, -0.2) is 49.5 Å². The van der Waals surface area contributed by atoms with Crippen LogP contribution in [0.2, 0.25) is 0 Å². The Labute approximate surface area is 225 Å². The van der Waals surface area contributed by atoms with Crippen molar-refractivity contribution in [1.29, 1.82) is 0 Å².